The number of anilines is 1. The molecule has 1 saturated heterocycles. The molecule has 13 heteroatoms. The molecule has 0 aromatic carbocycles. The molecule has 212 valence electrons. The van der Waals surface area contributed by atoms with Crippen molar-refractivity contribution in [3.05, 3.63) is 53.7 Å². The van der Waals surface area contributed by atoms with Crippen molar-refractivity contribution in [3.8, 4) is 5.88 Å². The summed E-state index contributed by atoms with van der Waals surface area (Å²) in [6, 6.07) is 6.45. The first-order chi connectivity index (χ1) is 19.2. The highest BCUT2D eigenvalue weighted by Gasteiger charge is 2.54. The van der Waals surface area contributed by atoms with Crippen LogP contribution in [0, 0.1) is 5.41 Å². The van der Waals surface area contributed by atoms with Crippen molar-refractivity contribution >= 4 is 23.0 Å². The predicted molar refractivity (Wildman–Crippen MR) is 141 cm³/mol. The average molecular weight is 556 g/mol. The number of amides is 2. The van der Waals surface area contributed by atoms with Crippen LogP contribution in [0.1, 0.15) is 58.8 Å². The van der Waals surface area contributed by atoms with Gasteiger partial charge < -0.3 is 31.1 Å². The number of hydrogen-bond donors (Lipinski definition) is 4. The van der Waals surface area contributed by atoms with Gasteiger partial charge in [-0.15, -0.1) is 0 Å². The molecule has 1 aliphatic heterocycles. The Bertz CT molecular complexity index is 1430. The van der Waals surface area contributed by atoms with Crippen LogP contribution in [0.5, 0.6) is 5.88 Å². The second-order valence-electron chi connectivity index (χ2n) is 11.0. The lowest BCUT2D eigenvalue weighted by atomic mass is 9.53. The van der Waals surface area contributed by atoms with Crippen molar-refractivity contribution in [2.75, 3.05) is 31.1 Å². The lowest BCUT2D eigenvalue weighted by Crippen LogP contribution is -2.58. The summed E-state index contributed by atoms with van der Waals surface area (Å²) in [6.45, 7) is 1.85. The Balaban J connectivity index is 1.09. The smallest absolute Gasteiger partial charge is 0.295 e. The zero-order valence-corrected chi connectivity index (χ0v) is 21.7. The van der Waals surface area contributed by atoms with E-state index in [2.05, 4.69) is 20.6 Å². The van der Waals surface area contributed by atoms with Crippen LogP contribution in [0.2, 0.25) is 0 Å². The molecule has 6 rings (SSSR count). The van der Waals surface area contributed by atoms with Gasteiger partial charge in [0.25, 0.3) is 18.2 Å². The highest BCUT2D eigenvalue weighted by atomic mass is 19.3. The molecule has 4 heterocycles. The van der Waals surface area contributed by atoms with E-state index in [4.69, 9.17) is 10.5 Å². The van der Waals surface area contributed by atoms with Crippen molar-refractivity contribution in [2.24, 2.45) is 11.1 Å². The molecule has 1 spiro atoms. The molecule has 5 N–H and O–H groups in total. The van der Waals surface area contributed by atoms with Crippen LogP contribution >= 0.6 is 0 Å². The number of halogens is 2. The maximum atomic E-state index is 13.9. The summed E-state index contributed by atoms with van der Waals surface area (Å²) in [4.78, 5) is 34.9. The van der Waals surface area contributed by atoms with Gasteiger partial charge in [-0.3, -0.25) is 14.0 Å². The number of ether oxygens (including phenoxy) is 1. The lowest BCUT2D eigenvalue weighted by molar-refractivity contribution is -0.0848. The number of nitrogens with one attached hydrogen (secondary N) is 2. The summed E-state index contributed by atoms with van der Waals surface area (Å²) in [7, 11) is 0. The van der Waals surface area contributed by atoms with E-state index in [1.165, 1.54) is 4.40 Å². The number of aliphatic hydroxyl groups excluding tert-OH is 1. The first kappa shape index (κ1) is 26.4. The summed E-state index contributed by atoms with van der Waals surface area (Å²) in [5.74, 6) is -1.33. The van der Waals surface area contributed by atoms with E-state index in [1.54, 1.807) is 36.7 Å². The van der Waals surface area contributed by atoms with Crippen LogP contribution in [-0.4, -0.2) is 75.7 Å². The Morgan fingerprint density at radius 3 is 2.77 bits per heavy atom. The van der Waals surface area contributed by atoms with Crippen LogP contribution in [0.3, 0.4) is 0 Å². The third-order valence-corrected chi connectivity index (χ3v) is 8.23. The minimum atomic E-state index is -2.86. The fourth-order valence-electron chi connectivity index (χ4n) is 6.28. The van der Waals surface area contributed by atoms with E-state index in [-0.39, 0.29) is 47.3 Å². The number of nitrogens with zero attached hydrogens (tertiary/aromatic N) is 4. The second-order valence-corrected chi connectivity index (χ2v) is 11.0. The SMILES string of the molecule is NC(=O)c1cccnc1OC1CC2(CC(NC(=O)c3nc(C(F)F)n4cc(N5CCN[C@H](CO)C5)ccc34)C2)C1. The number of carbonyl (C=O) groups excluding carboxylic acids is 2. The maximum Gasteiger partial charge on any atom is 0.295 e. The van der Waals surface area contributed by atoms with Gasteiger partial charge in [-0.25, -0.2) is 18.7 Å². The molecule has 2 saturated carbocycles. The molecular weight excluding hydrogens is 524 g/mol. The first-order valence-corrected chi connectivity index (χ1v) is 13.4. The van der Waals surface area contributed by atoms with Crippen LogP contribution in [0.4, 0.5) is 14.5 Å². The fraction of sp³-hybridized carbons (Fsp3) is 0.481. The Hall–Kier alpha value is -3.84. The quantitative estimate of drug-likeness (QED) is 0.328. The maximum absolute atomic E-state index is 13.9. The minimum absolute atomic E-state index is 0.0208. The van der Waals surface area contributed by atoms with E-state index in [1.807, 2.05) is 4.90 Å². The van der Waals surface area contributed by atoms with Gasteiger partial charge in [-0.2, -0.15) is 0 Å². The highest BCUT2D eigenvalue weighted by Crippen LogP contribution is 2.56. The number of rotatable bonds is 8. The van der Waals surface area contributed by atoms with Gasteiger partial charge in [0, 0.05) is 44.1 Å². The molecule has 0 radical (unpaired) electrons. The molecule has 1 atom stereocenters. The molecule has 0 unspecified atom stereocenters. The molecule has 3 fully saturated rings. The molecule has 3 aromatic rings. The lowest BCUT2D eigenvalue weighted by Gasteiger charge is -2.57. The van der Waals surface area contributed by atoms with Crippen molar-refractivity contribution in [3.63, 3.8) is 0 Å². The average Bonchev–Trinajstić information content (AvgIpc) is 3.30. The van der Waals surface area contributed by atoms with Gasteiger partial charge in [0.05, 0.1) is 17.8 Å². The van der Waals surface area contributed by atoms with E-state index < -0.39 is 24.1 Å². The van der Waals surface area contributed by atoms with Crippen LogP contribution < -0.4 is 26.0 Å². The summed E-state index contributed by atoms with van der Waals surface area (Å²) in [6.07, 6.45) is 3.21. The second kappa shape index (κ2) is 10.3. The molecule has 2 aliphatic carbocycles. The van der Waals surface area contributed by atoms with Crippen molar-refractivity contribution in [2.45, 2.75) is 50.3 Å². The topological polar surface area (TPSA) is 147 Å². The monoisotopic (exact) mass is 555 g/mol. The number of imidazole rings is 1. The minimum Gasteiger partial charge on any atom is -0.474 e. The van der Waals surface area contributed by atoms with Gasteiger partial charge in [-0.1, -0.05) is 0 Å². The molecule has 2 amide bonds. The van der Waals surface area contributed by atoms with Crippen LogP contribution in [0.15, 0.2) is 36.7 Å². The van der Waals surface area contributed by atoms with Crippen LogP contribution in [0.25, 0.3) is 5.52 Å². The summed E-state index contributed by atoms with van der Waals surface area (Å²) in [5.41, 5.74) is 6.69. The third-order valence-electron chi connectivity index (χ3n) is 8.23. The zero-order chi connectivity index (χ0) is 28.0. The summed E-state index contributed by atoms with van der Waals surface area (Å²) in [5, 5.41) is 15.7. The van der Waals surface area contributed by atoms with Crippen molar-refractivity contribution in [1.29, 1.82) is 0 Å². The Morgan fingerprint density at radius 1 is 1.25 bits per heavy atom. The van der Waals surface area contributed by atoms with Gasteiger partial charge >= 0.3 is 0 Å². The third kappa shape index (κ3) is 4.83. The van der Waals surface area contributed by atoms with Crippen LogP contribution in [-0.2, 0) is 0 Å². The summed E-state index contributed by atoms with van der Waals surface area (Å²) >= 11 is 0. The number of pyridine rings is 2. The summed E-state index contributed by atoms with van der Waals surface area (Å²) < 4.78 is 35.0. The normalized spacial score (nSPS) is 26.0. The number of aromatic nitrogens is 3. The molecule has 40 heavy (non-hydrogen) atoms. The number of carbonyl (C=O) groups is 2. The van der Waals surface area contributed by atoms with Gasteiger partial charge in [0.1, 0.15) is 11.7 Å². The van der Waals surface area contributed by atoms with E-state index >= 15 is 0 Å². The highest BCUT2D eigenvalue weighted by molar-refractivity contribution is 5.99. The number of nitrogens with two attached hydrogens (primary N) is 1. The standard InChI is InChI=1S/C27H31F2N7O4/c28-22(29)24-34-21(20-4-3-17(13-36(20)24)35-7-6-31-16(12-35)14-37)25(39)33-15-8-27(9-15)10-18(11-27)40-26-19(23(30)38)2-1-5-32-26/h1-5,13,15-16,18,22,31,37H,6-12,14H2,(H2,30,38)(H,33,39)/t15?,16-,18?,27?/m0/s1. The number of aliphatic hydroxyl groups is 1. The van der Waals surface area contributed by atoms with Gasteiger partial charge in [0.15, 0.2) is 11.5 Å². The molecule has 3 aliphatic rings. The van der Waals surface area contributed by atoms with E-state index in [9.17, 15) is 23.5 Å². The Labute approximate surface area is 228 Å². The van der Waals surface area contributed by atoms with E-state index in [0.29, 0.717) is 25.2 Å². The van der Waals surface area contributed by atoms with Gasteiger partial charge in [0.2, 0.25) is 5.88 Å². The van der Waals surface area contributed by atoms with Crippen molar-refractivity contribution < 1.29 is 28.2 Å². The van der Waals surface area contributed by atoms with E-state index in [0.717, 1.165) is 31.4 Å². The predicted octanol–water partition coefficient (Wildman–Crippen LogP) is 1.66. The number of fused-ring (bicyclic) bond motifs is 1. The number of alkyl halides is 2. The number of hydrogen-bond acceptors (Lipinski definition) is 8. The molecular formula is C27H31F2N7O4. The number of primary amides is 1. The van der Waals surface area contributed by atoms with Crippen molar-refractivity contribution in [1.82, 2.24) is 25.0 Å². The fourth-order valence-corrected chi connectivity index (χ4v) is 6.28. The number of piperazine rings is 1. The first-order valence-electron chi connectivity index (χ1n) is 13.4. The largest absolute Gasteiger partial charge is 0.474 e. The molecule has 11 nitrogen and oxygen atoms in total. The van der Waals surface area contributed by atoms with Gasteiger partial charge in [-0.05, 0) is 55.4 Å². The molecule has 0 bridgehead atoms. The Morgan fingerprint density at radius 2 is 2.05 bits per heavy atom. The Kier molecular flexibility index (Phi) is 6.78. The zero-order valence-electron chi connectivity index (χ0n) is 21.7. The molecule has 3 aromatic heterocycles.